The first-order valence-electron chi connectivity index (χ1n) is 8.70. The van der Waals surface area contributed by atoms with Crippen molar-refractivity contribution in [3.8, 4) is 5.88 Å². The van der Waals surface area contributed by atoms with Crippen molar-refractivity contribution in [3.05, 3.63) is 76.2 Å². The van der Waals surface area contributed by atoms with E-state index in [0.29, 0.717) is 28.2 Å². The van der Waals surface area contributed by atoms with Crippen LogP contribution >= 0.6 is 11.3 Å². The summed E-state index contributed by atoms with van der Waals surface area (Å²) in [6, 6.07) is 15.1. The third kappa shape index (κ3) is 3.62. The molecule has 146 valence electrons. The summed E-state index contributed by atoms with van der Waals surface area (Å²) in [5.41, 5.74) is 2.26. The molecule has 2 aromatic heterocycles. The van der Waals surface area contributed by atoms with E-state index in [9.17, 15) is 14.3 Å². The van der Waals surface area contributed by atoms with E-state index in [-0.39, 0.29) is 11.7 Å². The third-order valence-corrected chi connectivity index (χ3v) is 5.33. The predicted octanol–water partition coefficient (Wildman–Crippen LogP) is 5.80. The molecule has 29 heavy (non-hydrogen) atoms. The number of ether oxygens (including phenoxy) is 1. The normalized spacial score (nSPS) is 11.4. The number of methoxy groups -OCH3 is 1. The van der Waals surface area contributed by atoms with Crippen LogP contribution in [0.2, 0.25) is 0 Å². The average molecular weight is 409 g/mol. The zero-order chi connectivity index (χ0) is 20.4. The first-order valence-corrected chi connectivity index (χ1v) is 9.58. The molecule has 0 radical (unpaired) electrons. The third-order valence-electron chi connectivity index (χ3n) is 4.44. The minimum Gasteiger partial charge on any atom is -0.493 e. The van der Waals surface area contributed by atoms with Gasteiger partial charge in [0.05, 0.1) is 19.2 Å². The molecule has 0 aliphatic rings. The molecule has 0 fully saturated rings. The average Bonchev–Trinajstić information content (AvgIpc) is 3.31. The summed E-state index contributed by atoms with van der Waals surface area (Å²) in [6.45, 7) is 0.341. The molecule has 8 heteroatoms. The number of nitrogens with zero attached hydrogens (tertiary/aromatic N) is 3. The van der Waals surface area contributed by atoms with Crippen molar-refractivity contribution in [2.24, 2.45) is 10.2 Å². The molecule has 0 amide bonds. The summed E-state index contributed by atoms with van der Waals surface area (Å²) in [7, 11) is 1.30. The van der Waals surface area contributed by atoms with Crippen molar-refractivity contribution in [1.82, 2.24) is 4.57 Å². The van der Waals surface area contributed by atoms with Gasteiger partial charge in [-0.2, -0.15) is 0 Å². The van der Waals surface area contributed by atoms with Gasteiger partial charge in [-0.25, -0.2) is 9.18 Å². The highest BCUT2D eigenvalue weighted by atomic mass is 32.1. The van der Waals surface area contributed by atoms with E-state index >= 15 is 0 Å². The van der Waals surface area contributed by atoms with Crippen LogP contribution in [0.5, 0.6) is 5.88 Å². The zero-order valence-corrected chi connectivity index (χ0v) is 16.2. The lowest BCUT2D eigenvalue weighted by Crippen LogP contribution is -1.98. The van der Waals surface area contributed by atoms with Gasteiger partial charge in [0.1, 0.15) is 16.4 Å². The number of rotatable bonds is 5. The molecule has 0 bridgehead atoms. The van der Waals surface area contributed by atoms with Gasteiger partial charge in [0, 0.05) is 5.39 Å². The summed E-state index contributed by atoms with van der Waals surface area (Å²) >= 11 is 1.21. The maximum absolute atomic E-state index is 13.2. The van der Waals surface area contributed by atoms with Crippen molar-refractivity contribution in [2.75, 3.05) is 7.11 Å². The highest BCUT2D eigenvalue weighted by Gasteiger charge is 2.18. The number of benzene rings is 2. The van der Waals surface area contributed by atoms with E-state index in [1.165, 1.54) is 30.6 Å². The van der Waals surface area contributed by atoms with E-state index in [4.69, 9.17) is 4.74 Å². The van der Waals surface area contributed by atoms with Crippen molar-refractivity contribution < 1.29 is 19.0 Å². The van der Waals surface area contributed by atoms with Crippen LogP contribution in [0, 0.1) is 5.82 Å². The fraction of sp³-hybridized carbons (Fsp3) is 0.0952. The maximum Gasteiger partial charge on any atom is 0.350 e. The number of aromatic hydroxyl groups is 1. The molecule has 0 aliphatic carbocycles. The SMILES string of the molecule is COC(=O)c1sccc1N=Nc1c(O)n(Cc2ccc(F)cc2)c2ccccc12. The second kappa shape index (κ2) is 7.84. The Bertz CT molecular complexity index is 1210. The first-order chi connectivity index (χ1) is 14.1. The number of hydrogen-bond acceptors (Lipinski definition) is 6. The van der Waals surface area contributed by atoms with Gasteiger partial charge in [0.25, 0.3) is 0 Å². The Morgan fingerprint density at radius 2 is 1.90 bits per heavy atom. The van der Waals surface area contributed by atoms with Gasteiger partial charge in [0.2, 0.25) is 5.88 Å². The molecule has 0 saturated carbocycles. The van der Waals surface area contributed by atoms with Crippen LogP contribution in [0.15, 0.2) is 70.2 Å². The summed E-state index contributed by atoms with van der Waals surface area (Å²) in [5.74, 6) is -0.868. The number of halogens is 1. The lowest BCUT2D eigenvalue weighted by Gasteiger charge is -2.07. The lowest BCUT2D eigenvalue weighted by molar-refractivity contribution is 0.0607. The van der Waals surface area contributed by atoms with Crippen LogP contribution in [0.25, 0.3) is 10.9 Å². The molecule has 2 aromatic carbocycles. The van der Waals surface area contributed by atoms with Gasteiger partial charge >= 0.3 is 5.97 Å². The van der Waals surface area contributed by atoms with Gasteiger partial charge in [-0.05, 0) is 35.2 Å². The van der Waals surface area contributed by atoms with Crippen LogP contribution in [-0.4, -0.2) is 22.8 Å². The number of hydrogen-bond donors (Lipinski definition) is 1. The van der Waals surface area contributed by atoms with E-state index < -0.39 is 5.97 Å². The van der Waals surface area contributed by atoms with Crippen molar-refractivity contribution in [3.63, 3.8) is 0 Å². The standard InChI is InChI=1S/C21H16FN3O3S/c1-28-21(27)19-16(10-11-29-19)23-24-18-15-4-2-3-5-17(15)25(20(18)26)12-13-6-8-14(22)9-7-13/h2-11,26H,12H2,1H3. The number of carbonyl (C=O) groups is 1. The maximum atomic E-state index is 13.2. The van der Waals surface area contributed by atoms with E-state index in [1.54, 1.807) is 28.1 Å². The molecule has 2 heterocycles. The Morgan fingerprint density at radius 1 is 1.14 bits per heavy atom. The van der Waals surface area contributed by atoms with E-state index in [1.807, 2.05) is 24.3 Å². The van der Waals surface area contributed by atoms with Crippen LogP contribution in [0.1, 0.15) is 15.2 Å². The smallest absolute Gasteiger partial charge is 0.350 e. The topological polar surface area (TPSA) is 76.2 Å². The minimum absolute atomic E-state index is 0.0610. The largest absolute Gasteiger partial charge is 0.493 e. The summed E-state index contributed by atoms with van der Waals surface area (Å²) in [5, 5.41) is 21.6. The second-order valence-corrected chi connectivity index (χ2v) is 7.14. The molecule has 1 N–H and O–H groups in total. The van der Waals surface area contributed by atoms with Gasteiger partial charge in [0.15, 0.2) is 5.69 Å². The molecule has 0 saturated heterocycles. The summed E-state index contributed by atoms with van der Waals surface area (Å²) < 4.78 is 19.6. The van der Waals surface area contributed by atoms with Crippen molar-refractivity contribution >= 4 is 39.6 Å². The predicted molar refractivity (Wildman–Crippen MR) is 109 cm³/mol. The molecule has 0 aliphatic heterocycles. The number of para-hydroxylation sites is 1. The Kier molecular flexibility index (Phi) is 5.09. The molecular formula is C21H16FN3O3S. The molecule has 4 rings (SSSR count). The number of thiophene rings is 1. The second-order valence-electron chi connectivity index (χ2n) is 6.23. The Labute approximate surface area is 169 Å². The molecule has 4 aromatic rings. The number of azo groups is 1. The molecule has 0 atom stereocenters. The molecule has 0 unspecified atom stereocenters. The minimum atomic E-state index is -0.489. The van der Waals surface area contributed by atoms with Crippen LogP contribution in [-0.2, 0) is 11.3 Å². The fourth-order valence-electron chi connectivity index (χ4n) is 3.03. The van der Waals surface area contributed by atoms with Crippen LogP contribution < -0.4 is 0 Å². The highest BCUT2D eigenvalue weighted by Crippen LogP contribution is 2.40. The molecule has 6 nitrogen and oxygen atoms in total. The number of fused-ring (bicyclic) bond motifs is 1. The van der Waals surface area contributed by atoms with E-state index in [2.05, 4.69) is 10.2 Å². The lowest BCUT2D eigenvalue weighted by atomic mass is 10.2. The van der Waals surface area contributed by atoms with E-state index in [0.717, 1.165) is 11.1 Å². The van der Waals surface area contributed by atoms with Gasteiger partial charge in [-0.15, -0.1) is 21.6 Å². The monoisotopic (exact) mass is 409 g/mol. The highest BCUT2D eigenvalue weighted by molar-refractivity contribution is 7.12. The first kappa shape index (κ1) is 18.8. The summed E-state index contributed by atoms with van der Waals surface area (Å²) in [6.07, 6.45) is 0. The Hall–Kier alpha value is -3.52. The molecule has 0 spiro atoms. The van der Waals surface area contributed by atoms with Gasteiger partial charge in [-0.3, -0.25) is 0 Å². The van der Waals surface area contributed by atoms with Gasteiger partial charge < -0.3 is 14.4 Å². The Morgan fingerprint density at radius 3 is 2.66 bits per heavy atom. The fourth-order valence-corrected chi connectivity index (χ4v) is 3.78. The van der Waals surface area contributed by atoms with Crippen LogP contribution in [0.3, 0.4) is 0 Å². The quantitative estimate of drug-likeness (QED) is 0.334. The van der Waals surface area contributed by atoms with Crippen LogP contribution in [0.4, 0.5) is 15.8 Å². The summed E-state index contributed by atoms with van der Waals surface area (Å²) in [4.78, 5) is 12.2. The van der Waals surface area contributed by atoms with Crippen molar-refractivity contribution in [2.45, 2.75) is 6.54 Å². The number of aromatic nitrogens is 1. The van der Waals surface area contributed by atoms with Crippen molar-refractivity contribution in [1.29, 1.82) is 0 Å². The number of esters is 1. The van der Waals surface area contributed by atoms with Gasteiger partial charge in [-0.1, -0.05) is 30.3 Å². The molecular weight excluding hydrogens is 393 g/mol. The Balaban J connectivity index is 1.76. The zero-order valence-electron chi connectivity index (χ0n) is 15.4. The number of carbonyl (C=O) groups excluding carboxylic acids is 1.